The smallest absolute Gasteiger partial charge is 0.253 e. The van der Waals surface area contributed by atoms with E-state index in [1.807, 2.05) is 0 Å². The van der Waals surface area contributed by atoms with E-state index in [9.17, 15) is 4.79 Å². The summed E-state index contributed by atoms with van der Waals surface area (Å²) in [5.74, 6) is -0.207. The van der Waals surface area contributed by atoms with Crippen LogP contribution in [0, 0.1) is 0 Å². The number of nitrogens with two attached hydrogens (primary N) is 1. The first-order chi connectivity index (χ1) is 8.27. The van der Waals surface area contributed by atoms with Crippen molar-refractivity contribution in [3.63, 3.8) is 0 Å². The van der Waals surface area contributed by atoms with Gasteiger partial charge in [-0.25, -0.2) is 9.97 Å². The molecule has 2 rings (SSSR count). The Bertz CT molecular complexity index is 513. The Balaban J connectivity index is 2.01. The molecular formula is C12H12N4O. The molecule has 0 saturated heterocycles. The molecule has 5 heteroatoms. The van der Waals surface area contributed by atoms with Crippen LogP contribution in [0.15, 0.2) is 42.9 Å². The van der Waals surface area contributed by atoms with Gasteiger partial charge < -0.3 is 11.1 Å². The molecule has 0 radical (unpaired) electrons. The van der Waals surface area contributed by atoms with Gasteiger partial charge in [0.25, 0.3) is 5.91 Å². The van der Waals surface area contributed by atoms with Crippen LogP contribution in [0.3, 0.4) is 0 Å². The zero-order valence-electron chi connectivity index (χ0n) is 9.13. The summed E-state index contributed by atoms with van der Waals surface area (Å²) in [5, 5.41) is 2.75. The van der Waals surface area contributed by atoms with Gasteiger partial charge in [-0.2, -0.15) is 0 Å². The van der Waals surface area contributed by atoms with Gasteiger partial charge in [-0.3, -0.25) is 4.79 Å². The summed E-state index contributed by atoms with van der Waals surface area (Å²) in [6.07, 6.45) is 3.07. The molecule has 0 saturated carbocycles. The molecule has 0 unspecified atom stereocenters. The van der Waals surface area contributed by atoms with Crippen LogP contribution in [0.25, 0.3) is 0 Å². The van der Waals surface area contributed by atoms with Crippen molar-refractivity contribution in [1.82, 2.24) is 15.3 Å². The highest BCUT2D eigenvalue weighted by atomic mass is 16.1. The zero-order chi connectivity index (χ0) is 12.1. The Morgan fingerprint density at radius 2 is 2.12 bits per heavy atom. The summed E-state index contributed by atoms with van der Waals surface area (Å²) >= 11 is 0. The molecule has 0 atom stereocenters. The predicted molar refractivity (Wildman–Crippen MR) is 64.1 cm³/mol. The van der Waals surface area contributed by atoms with Crippen molar-refractivity contribution in [2.45, 2.75) is 6.54 Å². The van der Waals surface area contributed by atoms with Crippen molar-refractivity contribution in [3.8, 4) is 0 Å². The van der Waals surface area contributed by atoms with Gasteiger partial charge in [0.05, 0.1) is 17.8 Å². The minimum Gasteiger partial charge on any atom is -0.398 e. The third kappa shape index (κ3) is 2.78. The largest absolute Gasteiger partial charge is 0.398 e. The lowest BCUT2D eigenvalue weighted by atomic mass is 10.1. The highest BCUT2D eigenvalue weighted by Crippen LogP contribution is 2.09. The maximum atomic E-state index is 11.8. The fourth-order valence-corrected chi connectivity index (χ4v) is 1.39. The monoisotopic (exact) mass is 228 g/mol. The molecule has 1 heterocycles. The van der Waals surface area contributed by atoms with E-state index in [-0.39, 0.29) is 5.91 Å². The summed E-state index contributed by atoms with van der Waals surface area (Å²) in [7, 11) is 0. The summed E-state index contributed by atoms with van der Waals surface area (Å²) in [5.41, 5.74) is 7.40. The van der Waals surface area contributed by atoms with E-state index in [2.05, 4.69) is 15.3 Å². The fraction of sp³-hybridized carbons (Fsp3) is 0.0833. The summed E-state index contributed by atoms with van der Waals surface area (Å²) < 4.78 is 0. The van der Waals surface area contributed by atoms with Gasteiger partial charge in [-0.15, -0.1) is 0 Å². The number of rotatable bonds is 3. The SMILES string of the molecule is Nc1ccccc1C(=O)NCc1ccncn1. The number of carbonyl (C=O) groups is 1. The number of nitrogens with one attached hydrogen (secondary N) is 1. The van der Waals surface area contributed by atoms with Crippen LogP contribution in [0.4, 0.5) is 5.69 Å². The van der Waals surface area contributed by atoms with Crippen molar-refractivity contribution in [2.75, 3.05) is 5.73 Å². The Hall–Kier alpha value is -2.43. The van der Waals surface area contributed by atoms with Crippen LogP contribution in [-0.2, 0) is 6.54 Å². The quantitative estimate of drug-likeness (QED) is 0.767. The standard InChI is InChI=1S/C12H12N4O/c13-11-4-2-1-3-10(11)12(17)15-7-9-5-6-14-8-16-9/h1-6,8H,7,13H2,(H,15,17). The lowest BCUT2D eigenvalue weighted by Crippen LogP contribution is -2.24. The van der Waals surface area contributed by atoms with Crippen molar-refractivity contribution >= 4 is 11.6 Å². The molecule has 0 bridgehead atoms. The second kappa shape index (κ2) is 5.07. The van der Waals surface area contributed by atoms with E-state index < -0.39 is 0 Å². The number of hydrogen-bond acceptors (Lipinski definition) is 4. The van der Waals surface area contributed by atoms with Crippen LogP contribution in [0.1, 0.15) is 16.1 Å². The maximum absolute atomic E-state index is 11.8. The first-order valence-electron chi connectivity index (χ1n) is 5.15. The van der Waals surface area contributed by atoms with E-state index in [0.29, 0.717) is 17.8 Å². The van der Waals surface area contributed by atoms with E-state index in [1.165, 1.54) is 6.33 Å². The molecule has 3 N–H and O–H groups in total. The van der Waals surface area contributed by atoms with E-state index in [0.717, 1.165) is 5.69 Å². The molecule has 5 nitrogen and oxygen atoms in total. The van der Waals surface area contributed by atoms with E-state index in [1.54, 1.807) is 36.5 Å². The number of hydrogen-bond donors (Lipinski definition) is 2. The predicted octanol–water partition coefficient (Wildman–Crippen LogP) is 0.989. The van der Waals surface area contributed by atoms with E-state index in [4.69, 9.17) is 5.73 Å². The Morgan fingerprint density at radius 1 is 1.29 bits per heavy atom. The van der Waals surface area contributed by atoms with Crippen molar-refractivity contribution in [3.05, 3.63) is 54.1 Å². The first kappa shape index (κ1) is 11.1. The van der Waals surface area contributed by atoms with Crippen molar-refractivity contribution in [2.24, 2.45) is 0 Å². The Kier molecular flexibility index (Phi) is 3.30. The van der Waals surface area contributed by atoms with Crippen LogP contribution in [0.5, 0.6) is 0 Å². The molecule has 0 aliphatic rings. The number of amides is 1. The van der Waals surface area contributed by atoms with Crippen LogP contribution in [-0.4, -0.2) is 15.9 Å². The average Bonchev–Trinajstić information content (AvgIpc) is 2.38. The molecular weight excluding hydrogens is 216 g/mol. The summed E-state index contributed by atoms with van der Waals surface area (Å²) in [4.78, 5) is 19.6. The lowest BCUT2D eigenvalue weighted by Gasteiger charge is -2.06. The zero-order valence-corrected chi connectivity index (χ0v) is 9.13. The topological polar surface area (TPSA) is 80.9 Å². The van der Waals surface area contributed by atoms with Crippen molar-refractivity contribution < 1.29 is 4.79 Å². The average molecular weight is 228 g/mol. The molecule has 0 aliphatic heterocycles. The van der Waals surface area contributed by atoms with Crippen LogP contribution >= 0.6 is 0 Å². The Labute approximate surface area is 98.7 Å². The normalized spacial score (nSPS) is 9.88. The molecule has 86 valence electrons. The number of carbonyl (C=O) groups excluding carboxylic acids is 1. The second-order valence-electron chi connectivity index (χ2n) is 3.47. The number of nitrogens with zero attached hydrogens (tertiary/aromatic N) is 2. The van der Waals surface area contributed by atoms with Gasteiger partial charge in [0.2, 0.25) is 0 Å². The van der Waals surface area contributed by atoms with Gasteiger partial charge in [-0.1, -0.05) is 12.1 Å². The highest BCUT2D eigenvalue weighted by molar-refractivity contribution is 5.98. The fourth-order valence-electron chi connectivity index (χ4n) is 1.39. The number of anilines is 1. The summed E-state index contributed by atoms with van der Waals surface area (Å²) in [6, 6.07) is 8.69. The minimum atomic E-state index is -0.207. The first-order valence-corrected chi connectivity index (χ1v) is 5.15. The maximum Gasteiger partial charge on any atom is 0.253 e. The third-order valence-corrected chi connectivity index (χ3v) is 2.28. The molecule has 1 amide bonds. The summed E-state index contributed by atoms with van der Waals surface area (Å²) in [6.45, 7) is 0.357. The highest BCUT2D eigenvalue weighted by Gasteiger charge is 2.08. The van der Waals surface area contributed by atoms with E-state index >= 15 is 0 Å². The van der Waals surface area contributed by atoms with Gasteiger partial charge in [0, 0.05) is 11.9 Å². The molecule has 0 aliphatic carbocycles. The van der Waals surface area contributed by atoms with Crippen molar-refractivity contribution in [1.29, 1.82) is 0 Å². The lowest BCUT2D eigenvalue weighted by molar-refractivity contribution is 0.0951. The number of aromatic nitrogens is 2. The second-order valence-corrected chi connectivity index (χ2v) is 3.47. The molecule has 0 spiro atoms. The van der Waals surface area contributed by atoms with Gasteiger partial charge >= 0.3 is 0 Å². The molecule has 17 heavy (non-hydrogen) atoms. The van der Waals surface area contributed by atoms with Gasteiger partial charge in [-0.05, 0) is 18.2 Å². The third-order valence-electron chi connectivity index (χ3n) is 2.28. The molecule has 1 aromatic carbocycles. The van der Waals surface area contributed by atoms with Gasteiger partial charge in [0.15, 0.2) is 0 Å². The number of para-hydroxylation sites is 1. The Morgan fingerprint density at radius 3 is 2.82 bits per heavy atom. The number of benzene rings is 1. The molecule has 1 aromatic heterocycles. The molecule has 0 fully saturated rings. The van der Waals surface area contributed by atoms with Crippen LogP contribution < -0.4 is 11.1 Å². The van der Waals surface area contributed by atoms with Gasteiger partial charge in [0.1, 0.15) is 6.33 Å². The minimum absolute atomic E-state index is 0.207. The number of nitrogen functional groups attached to an aromatic ring is 1. The molecule has 2 aromatic rings. The van der Waals surface area contributed by atoms with Crippen LogP contribution in [0.2, 0.25) is 0 Å².